The Bertz CT molecular complexity index is 420. The van der Waals surface area contributed by atoms with Gasteiger partial charge in [-0.3, -0.25) is 4.79 Å². The molecule has 0 aromatic heterocycles. The summed E-state index contributed by atoms with van der Waals surface area (Å²) in [6, 6.07) is 6.69. The second-order valence-corrected chi connectivity index (χ2v) is 5.29. The summed E-state index contributed by atoms with van der Waals surface area (Å²) in [6.45, 7) is 4.95. The van der Waals surface area contributed by atoms with Gasteiger partial charge in [0, 0.05) is 13.1 Å². The largest absolute Gasteiger partial charge is 0.481 e. The zero-order chi connectivity index (χ0) is 14.4. The standard InChI is InChI=1S/C15H22FNO2/c1-11(2)13(15(18)19)10-17(3)9-8-12-6-4-5-7-14(12)16/h4-7,11,13H,8-10H2,1-3H3,(H,18,19). The molecule has 0 heterocycles. The number of hydrogen-bond donors (Lipinski definition) is 1. The third kappa shape index (κ3) is 4.99. The molecule has 1 rings (SSSR count). The molecule has 0 saturated carbocycles. The zero-order valence-electron chi connectivity index (χ0n) is 11.8. The van der Waals surface area contributed by atoms with Crippen molar-refractivity contribution in [1.29, 1.82) is 0 Å². The number of rotatable bonds is 7. The van der Waals surface area contributed by atoms with Gasteiger partial charge in [0.2, 0.25) is 0 Å². The number of aliphatic carboxylic acids is 1. The molecular weight excluding hydrogens is 245 g/mol. The van der Waals surface area contributed by atoms with Crippen molar-refractivity contribution in [3.8, 4) is 0 Å². The lowest BCUT2D eigenvalue weighted by molar-refractivity contribution is -0.143. The van der Waals surface area contributed by atoms with E-state index in [1.165, 1.54) is 6.07 Å². The van der Waals surface area contributed by atoms with E-state index in [9.17, 15) is 9.18 Å². The molecule has 0 amide bonds. The summed E-state index contributed by atoms with van der Waals surface area (Å²) >= 11 is 0. The first-order chi connectivity index (χ1) is 8.91. The highest BCUT2D eigenvalue weighted by molar-refractivity contribution is 5.70. The van der Waals surface area contributed by atoms with Crippen molar-refractivity contribution in [1.82, 2.24) is 4.90 Å². The fraction of sp³-hybridized carbons (Fsp3) is 0.533. The Morgan fingerprint density at radius 2 is 2.00 bits per heavy atom. The van der Waals surface area contributed by atoms with Crippen LogP contribution in [0.2, 0.25) is 0 Å². The monoisotopic (exact) mass is 267 g/mol. The van der Waals surface area contributed by atoms with Crippen LogP contribution in [0.25, 0.3) is 0 Å². The number of likely N-dealkylation sites (N-methyl/N-ethyl adjacent to an activating group) is 1. The maximum absolute atomic E-state index is 13.4. The van der Waals surface area contributed by atoms with E-state index in [1.807, 2.05) is 31.9 Å². The van der Waals surface area contributed by atoms with Gasteiger partial charge >= 0.3 is 5.97 Å². The molecule has 19 heavy (non-hydrogen) atoms. The van der Waals surface area contributed by atoms with Gasteiger partial charge in [-0.15, -0.1) is 0 Å². The summed E-state index contributed by atoms with van der Waals surface area (Å²) < 4.78 is 13.4. The molecule has 3 nitrogen and oxygen atoms in total. The minimum atomic E-state index is -0.771. The fourth-order valence-electron chi connectivity index (χ4n) is 2.01. The van der Waals surface area contributed by atoms with Crippen molar-refractivity contribution in [2.45, 2.75) is 20.3 Å². The van der Waals surface area contributed by atoms with Crippen molar-refractivity contribution in [3.63, 3.8) is 0 Å². The molecule has 1 unspecified atom stereocenters. The van der Waals surface area contributed by atoms with E-state index in [-0.39, 0.29) is 17.7 Å². The van der Waals surface area contributed by atoms with Crippen LogP contribution in [0.15, 0.2) is 24.3 Å². The van der Waals surface area contributed by atoms with Gasteiger partial charge < -0.3 is 10.0 Å². The third-order valence-electron chi connectivity index (χ3n) is 3.35. The van der Waals surface area contributed by atoms with E-state index in [1.54, 1.807) is 12.1 Å². The molecule has 0 spiro atoms. The number of nitrogens with zero attached hydrogens (tertiary/aromatic N) is 1. The van der Waals surface area contributed by atoms with Crippen LogP contribution in [0, 0.1) is 17.7 Å². The number of carboxylic acids is 1. The van der Waals surface area contributed by atoms with Crippen LogP contribution in [0.3, 0.4) is 0 Å². The summed E-state index contributed by atoms with van der Waals surface area (Å²) in [5.74, 6) is -1.26. The van der Waals surface area contributed by atoms with Crippen molar-refractivity contribution in [3.05, 3.63) is 35.6 Å². The zero-order valence-corrected chi connectivity index (χ0v) is 11.8. The van der Waals surface area contributed by atoms with Crippen LogP contribution < -0.4 is 0 Å². The number of halogens is 1. The molecule has 0 fully saturated rings. The highest BCUT2D eigenvalue weighted by Crippen LogP contribution is 2.13. The van der Waals surface area contributed by atoms with Crippen molar-refractivity contribution < 1.29 is 14.3 Å². The van der Waals surface area contributed by atoms with Crippen LogP contribution in [0.1, 0.15) is 19.4 Å². The van der Waals surface area contributed by atoms with Gasteiger partial charge in [-0.2, -0.15) is 0 Å². The first-order valence-corrected chi connectivity index (χ1v) is 6.56. The Kier molecular flexibility index (Phi) is 5.96. The van der Waals surface area contributed by atoms with Gasteiger partial charge in [0.1, 0.15) is 5.82 Å². The SMILES string of the molecule is CC(C)C(CN(C)CCc1ccccc1F)C(=O)O. The highest BCUT2D eigenvalue weighted by Gasteiger charge is 2.22. The van der Waals surface area contributed by atoms with Crippen molar-refractivity contribution in [2.24, 2.45) is 11.8 Å². The summed E-state index contributed by atoms with van der Waals surface area (Å²) in [5.41, 5.74) is 0.672. The predicted molar refractivity (Wildman–Crippen MR) is 73.6 cm³/mol. The summed E-state index contributed by atoms with van der Waals surface area (Å²) in [5, 5.41) is 9.14. The molecule has 0 saturated heterocycles. The van der Waals surface area contributed by atoms with Crippen molar-refractivity contribution >= 4 is 5.97 Å². The maximum atomic E-state index is 13.4. The second-order valence-electron chi connectivity index (χ2n) is 5.29. The van der Waals surface area contributed by atoms with Crippen LogP contribution in [0.4, 0.5) is 4.39 Å². The molecule has 4 heteroatoms. The predicted octanol–water partition coefficient (Wildman–Crippen LogP) is 2.66. The van der Waals surface area contributed by atoms with E-state index in [0.717, 1.165) is 0 Å². The molecule has 0 aliphatic rings. The molecule has 106 valence electrons. The van der Waals surface area contributed by atoms with E-state index < -0.39 is 5.97 Å². The number of carboxylic acid groups (broad SMARTS) is 1. The summed E-state index contributed by atoms with van der Waals surface area (Å²) in [7, 11) is 1.87. The van der Waals surface area contributed by atoms with Gasteiger partial charge in [-0.05, 0) is 31.0 Å². The molecule has 0 aliphatic heterocycles. The molecule has 0 aliphatic carbocycles. The molecule has 1 N–H and O–H groups in total. The molecule has 1 aromatic rings. The lowest BCUT2D eigenvalue weighted by atomic mass is 9.95. The highest BCUT2D eigenvalue weighted by atomic mass is 19.1. The van der Waals surface area contributed by atoms with E-state index in [0.29, 0.717) is 25.1 Å². The number of benzene rings is 1. The van der Waals surface area contributed by atoms with Gasteiger partial charge in [0.25, 0.3) is 0 Å². The maximum Gasteiger partial charge on any atom is 0.308 e. The Hall–Kier alpha value is -1.42. The Balaban J connectivity index is 2.49. The molecule has 1 atom stereocenters. The first kappa shape index (κ1) is 15.6. The lowest BCUT2D eigenvalue weighted by Crippen LogP contribution is -2.34. The minimum Gasteiger partial charge on any atom is -0.481 e. The first-order valence-electron chi connectivity index (χ1n) is 6.56. The van der Waals surface area contributed by atoms with Gasteiger partial charge in [-0.25, -0.2) is 4.39 Å². The summed E-state index contributed by atoms with van der Waals surface area (Å²) in [4.78, 5) is 13.1. The molecule has 0 radical (unpaired) electrons. The van der Waals surface area contributed by atoms with E-state index in [2.05, 4.69) is 0 Å². The van der Waals surface area contributed by atoms with Crippen LogP contribution >= 0.6 is 0 Å². The second kappa shape index (κ2) is 7.24. The summed E-state index contributed by atoms with van der Waals surface area (Å²) in [6.07, 6.45) is 0.591. The molecule has 1 aromatic carbocycles. The Morgan fingerprint density at radius 1 is 1.37 bits per heavy atom. The average molecular weight is 267 g/mol. The smallest absolute Gasteiger partial charge is 0.308 e. The number of hydrogen-bond acceptors (Lipinski definition) is 2. The third-order valence-corrected chi connectivity index (χ3v) is 3.35. The van der Waals surface area contributed by atoms with Crippen LogP contribution in [-0.4, -0.2) is 36.1 Å². The Labute approximate surface area is 114 Å². The molecule has 0 bridgehead atoms. The normalized spacial score (nSPS) is 12.9. The van der Waals surface area contributed by atoms with Gasteiger partial charge in [0.15, 0.2) is 0 Å². The lowest BCUT2D eigenvalue weighted by Gasteiger charge is -2.23. The topological polar surface area (TPSA) is 40.5 Å². The van der Waals surface area contributed by atoms with Crippen LogP contribution in [0.5, 0.6) is 0 Å². The minimum absolute atomic E-state index is 0.0911. The van der Waals surface area contributed by atoms with E-state index >= 15 is 0 Å². The van der Waals surface area contributed by atoms with Crippen LogP contribution in [-0.2, 0) is 11.2 Å². The van der Waals surface area contributed by atoms with E-state index in [4.69, 9.17) is 5.11 Å². The van der Waals surface area contributed by atoms with Gasteiger partial charge in [0.05, 0.1) is 5.92 Å². The fourth-order valence-corrected chi connectivity index (χ4v) is 2.01. The van der Waals surface area contributed by atoms with Crippen molar-refractivity contribution in [2.75, 3.05) is 20.1 Å². The van der Waals surface area contributed by atoms with Gasteiger partial charge in [-0.1, -0.05) is 32.0 Å². The number of carbonyl (C=O) groups is 1. The quantitative estimate of drug-likeness (QED) is 0.825. The molecular formula is C15H22FNO2. The average Bonchev–Trinajstić information content (AvgIpc) is 2.34. The Morgan fingerprint density at radius 3 is 2.53 bits per heavy atom.